The summed E-state index contributed by atoms with van der Waals surface area (Å²) in [6, 6.07) is 0.178. The summed E-state index contributed by atoms with van der Waals surface area (Å²) >= 11 is 0. The Balaban J connectivity index is 2.38. The Morgan fingerprint density at radius 1 is 1.42 bits per heavy atom. The molecule has 72 valence electrons. The molecule has 1 rings (SSSR count). The lowest BCUT2D eigenvalue weighted by Gasteiger charge is -2.13. The van der Waals surface area contributed by atoms with Crippen LogP contribution < -0.4 is 0 Å². The zero-order chi connectivity index (χ0) is 9.35. The molecule has 2 atom stereocenters. The van der Waals surface area contributed by atoms with E-state index < -0.39 is 12.5 Å². The summed E-state index contributed by atoms with van der Waals surface area (Å²) in [5.74, 6) is 0. The zero-order valence-electron chi connectivity index (χ0n) is 7.06. The summed E-state index contributed by atoms with van der Waals surface area (Å²) in [5, 5.41) is 0. The first-order valence-corrected chi connectivity index (χ1v) is 3.83. The number of hydrogen-bond acceptors (Lipinski definition) is 2. The minimum Gasteiger partial charge on any atom is -0.301 e. The van der Waals surface area contributed by atoms with Crippen LogP contribution in [0.15, 0.2) is 0 Å². The Hall–Kier alpha value is -0.290. The molecule has 1 heterocycles. The second-order valence-corrected chi connectivity index (χ2v) is 3.21. The maximum Gasteiger partial charge on any atom is 0.522 e. The molecule has 0 amide bonds. The van der Waals surface area contributed by atoms with Gasteiger partial charge in [0.05, 0.1) is 6.10 Å². The van der Waals surface area contributed by atoms with Crippen LogP contribution in [-0.2, 0) is 4.74 Å². The van der Waals surface area contributed by atoms with Gasteiger partial charge >= 0.3 is 6.36 Å². The number of nitrogens with zero attached hydrogens (tertiary/aromatic N) is 1. The number of ether oxygens (including phenoxy) is 1. The van der Waals surface area contributed by atoms with E-state index in [4.69, 9.17) is 0 Å². The number of hydrogen-bond donors (Lipinski definition) is 0. The van der Waals surface area contributed by atoms with Gasteiger partial charge in [-0.2, -0.15) is 0 Å². The Kier molecular flexibility index (Phi) is 2.63. The summed E-state index contributed by atoms with van der Waals surface area (Å²) in [7, 11) is 1.80. The van der Waals surface area contributed by atoms with Crippen molar-refractivity contribution >= 4 is 0 Å². The zero-order valence-corrected chi connectivity index (χ0v) is 7.06. The Bertz CT molecular complexity index is 149. The van der Waals surface area contributed by atoms with Crippen molar-refractivity contribution in [3.63, 3.8) is 0 Å². The van der Waals surface area contributed by atoms with Crippen LogP contribution in [0.25, 0.3) is 0 Å². The normalized spacial score (nSPS) is 32.8. The molecule has 0 aromatic heterocycles. The van der Waals surface area contributed by atoms with Crippen molar-refractivity contribution in [1.82, 2.24) is 4.90 Å². The minimum atomic E-state index is -4.49. The molecule has 0 aromatic carbocycles. The van der Waals surface area contributed by atoms with E-state index in [9.17, 15) is 13.2 Å². The van der Waals surface area contributed by atoms with Gasteiger partial charge in [-0.3, -0.25) is 4.74 Å². The summed E-state index contributed by atoms with van der Waals surface area (Å²) < 4.78 is 39.1. The van der Waals surface area contributed by atoms with Crippen LogP contribution in [0.5, 0.6) is 0 Å². The number of likely N-dealkylation sites (tertiary alicyclic amines) is 1. The number of likely N-dealkylation sites (N-methyl/N-ethyl adjacent to an activating group) is 1. The van der Waals surface area contributed by atoms with E-state index in [0.29, 0.717) is 13.0 Å². The summed E-state index contributed by atoms with van der Waals surface area (Å²) in [4.78, 5) is 1.86. The standard InChI is InChI=1S/C7H12F3NO/c1-5-3-6(4-11(5)2)12-7(8,9)10/h5-6H,3-4H2,1-2H3/t5-,6+/m0/s1. The smallest absolute Gasteiger partial charge is 0.301 e. The van der Waals surface area contributed by atoms with Gasteiger partial charge in [-0.15, -0.1) is 13.2 Å². The molecule has 0 radical (unpaired) electrons. The van der Waals surface area contributed by atoms with Gasteiger partial charge in [-0.25, -0.2) is 0 Å². The Morgan fingerprint density at radius 3 is 2.33 bits per heavy atom. The van der Waals surface area contributed by atoms with Crippen molar-refractivity contribution in [1.29, 1.82) is 0 Å². The fourth-order valence-corrected chi connectivity index (χ4v) is 1.41. The lowest BCUT2D eigenvalue weighted by molar-refractivity contribution is -0.340. The van der Waals surface area contributed by atoms with E-state index in [1.807, 2.05) is 11.8 Å². The molecule has 0 aromatic rings. The molecule has 1 saturated heterocycles. The predicted octanol–water partition coefficient (Wildman–Crippen LogP) is 1.62. The Morgan fingerprint density at radius 2 is 2.00 bits per heavy atom. The van der Waals surface area contributed by atoms with Crippen molar-refractivity contribution in [3.8, 4) is 0 Å². The molecule has 0 spiro atoms. The average Bonchev–Trinajstić information content (AvgIpc) is 2.07. The van der Waals surface area contributed by atoms with Crippen LogP contribution >= 0.6 is 0 Å². The third kappa shape index (κ3) is 2.64. The Labute approximate surface area is 69.3 Å². The molecule has 1 fully saturated rings. The monoisotopic (exact) mass is 183 g/mol. The first-order chi connectivity index (χ1) is 5.38. The van der Waals surface area contributed by atoms with Gasteiger partial charge in [0, 0.05) is 12.6 Å². The second-order valence-electron chi connectivity index (χ2n) is 3.21. The molecule has 12 heavy (non-hydrogen) atoms. The quantitative estimate of drug-likeness (QED) is 0.612. The van der Waals surface area contributed by atoms with Crippen molar-refractivity contribution in [2.24, 2.45) is 0 Å². The lowest BCUT2D eigenvalue weighted by Crippen LogP contribution is -2.26. The van der Waals surface area contributed by atoms with Crippen LogP contribution in [-0.4, -0.2) is 37.0 Å². The molecule has 0 N–H and O–H groups in total. The van der Waals surface area contributed by atoms with E-state index in [1.165, 1.54) is 0 Å². The lowest BCUT2D eigenvalue weighted by atomic mass is 10.2. The SMILES string of the molecule is C[C@H]1C[C@@H](OC(F)(F)F)CN1C. The second kappa shape index (κ2) is 3.22. The van der Waals surface area contributed by atoms with Crippen LogP contribution in [0.2, 0.25) is 0 Å². The highest BCUT2D eigenvalue weighted by Gasteiger charge is 2.37. The van der Waals surface area contributed by atoms with E-state index in [-0.39, 0.29) is 6.04 Å². The maximum atomic E-state index is 11.7. The molecule has 0 saturated carbocycles. The van der Waals surface area contributed by atoms with Gasteiger partial charge in [0.25, 0.3) is 0 Å². The van der Waals surface area contributed by atoms with Crippen LogP contribution in [0.1, 0.15) is 13.3 Å². The van der Waals surface area contributed by atoms with Crippen LogP contribution in [0.4, 0.5) is 13.2 Å². The molecule has 0 aliphatic carbocycles. The van der Waals surface area contributed by atoms with Gasteiger partial charge in [0.15, 0.2) is 0 Å². The maximum absolute atomic E-state index is 11.7. The molecule has 2 nitrogen and oxygen atoms in total. The molecular formula is C7H12F3NO. The highest BCUT2D eigenvalue weighted by atomic mass is 19.4. The van der Waals surface area contributed by atoms with Crippen LogP contribution in [0.3, 0.4) is 0 Å². The third-order valence-corrected chi connectivity index (χ3v) is 2.15. The van der Waals surface area contributed by atoms with Crippen molar-refractivity contribution in [2.45, 2.75) is 31.9 Å². The van der Waals surface area contributed by atoms with E-state index in [2.05, 4.69) is 4.74 Å². The number of alkyl halides is 3. The predicted molar refractivity (Wildman–Crippen MR) is 37.6 cm³/mol. The van der Waals surface area contributed by atoms with Gasteiger partial charge in [0.2, 0.25) is 0 Å². The highest BCUT2D eigenvalue weighted by Crippen LogP contribution is 2.25. The van der Waals surface area contributed by atoms with Gasteiger partial charge in [0.1, 0.15) is 0 Å². The molecule has 5 heteroatoms. The molecule has 1 aliphatic heterocycles. The average molecular weight is 183 g/mol. The largest absolute Gasteiger partial charge is 0.522 e. The number of halogens is 3. The third-order valence-electron chi connectivity index (χ3n) is 2.15. The van der Waals surface area contributed by atoms with Crippen molar-refractivity contribution < 1.29 is 17.9 Å². The summed E-state index contributed by atoms with van der Waals surface area (Å²) in [6.07, 6.45) is -4.73. The highest BCUT2D eigenvalue weighted by molar-refractivity contribution is 4.80. The molecule has 0 bridgehead atoms. The summed E-state index contributed by atoms with van der Waals surface area (Å²) in [5.41, 5.74) is 0. The fraction of sp³-hybridized carbons (Fsp3) is 1.00. The van der Waals surface area contributed by atoms with Crippen molar-refractivity contribution in [2.75, 3.05) is 13.6 Å². The molecular weight excluding hydrogens is 171 g/mol. The van der Waals surface area contributed by atoms with Crippen LogP contribution in [0, 0.1) is 0 Å². The van der Waals surface area contributed by atoms with E-state index in [1.54, 1.807) is 7.05 Å². The summed E-state index contributed by atoms with van der Waals surface area (Å²) in [6.45, 7) is 2.25. The van der Waals surface area contributed by atoms with Gasteiger partial charge < -0.3 is 4.90 Å². The fourth-order valence-electron chi connectivity index (χ4n) is 1.41. The topological polar surface area (TPSA) is 12.5 Å². The molecule has 1 aliphatic rings. The van der Waals surface area contributed by atoms with E-state index in [0.717, 1.165) is 0 Å². The number of rotatable bonds is 1. The first kappa shape index (κ1) is 9.80. The van der Waals surface area contributed by atoms with Gasteiger partial charge in [-0.05, 0) is 20.4 Å². The first-order valence-electron chi connectivity index (χ1n) is 3.83. The molecule has 0 unspecified atom stereocenters. The van der Waals surface area contributed by atoms with Crippen molar-refractivity contribution in [3.05, 3.63) is 0 Å². The van der Waals surface area contributed by atoms with E-state index >= 15 is 0 Å². The van der Waals surface area contributed by atoms with Gasteiger partial charge in [-0.1, -0.05) is 0 Å². The minimum absolute atomic E-state index is 0.178.